The second-order valence-electron chi connectivity index (χ2n) is 5.51. The maximum absolute atomic E-state index is 13.1. The Hall–Kier alpha value is -3.21. The largest absolute Gasteiger partial charge is 0.461 e. The Balaban J connectivity index is 1.77. The molecule has 3 aromatic heterocycles. The molecule has 0 fully saturated rings. The zero-order chi connectivity index (χ0) is 16.5. The quantitative estimate of drug-likeness (QED) is 0.587. The lowest BCUT2D eigenvalue weighted by Crippen LogP contribution is -1.87. The molecule has 3 heterocycles. The van der Waals surface area contributed by atoms with Gasteiger partial charge < -0.3 is 4.42 Å². The van der Waals surface area contributed by atoms with Gasteiger partial charge in [-0.3, -0.25) is 10.1 Å². The summed E-state index contributed by atoms with van der Waals surface area (Å²) in [4.78, 5) is 4.38. The van der Waals surface area contributed by atoms with Crippen LogP contribution in [0.1, 0.15) is 5.76 Å². The Morgan fingerprint density at radius 2 is 1.83 bits per heavy atom. The summed E-state index contributed by atoms with van der Waals surface area (Å²) in [5.41, 5.74) is 4.30. The van der Waals surface area contributed by atoms with Gasteiger partial charge in [-0.1, -0.05) is 0 Å². The number of hydrogen-bond acceptors (Lipinski definition) is 3. The number of rotatable bonds is 3. The molecule has 24 heavy (non-hydrogen) atoms. The predicted molar refractivity (Wildman–Crippen MR) is 89.7 cm³/mol. The minimum absolute atomic E-state index is 0.265. The maximum atomic E-state index is 13.1. The van der Waals surface area contributed by atoms with Gasteiger partial charge in [0.05, 0.1) is 23.1 Å². The van der Waals surface area contributed by atoms with Gasteiger partial charge in [0.2, 0.25) is 0 Å². The first kappa shape index (κ1) is 14.4. The van der Waals surface area contributed by atoms with Crippen molar-refractivity contribution in [1.29, 1.82) is 0 Å². The lowest BCUT2D eigenvalue weighted by Gasteiger charge is -2.05. The fraction of sp³-hybridized carbons (Fsp3) is 0.0526. The van der Waals surface area contributed by atoms with Crippen LogP contribution in [0, 0.1) is 12.7 Å². The average Bonchev–Trinajstić information content (AvgIpc) is 3.24. The molecule has 0 spiro atoms. The van der Waals surface area contributed by atoms with Gasteiger partial charge in [0, 0.05) is 17.3 Å². The van der Waals surface area contributed by atoms with Crippen LogP contribution in [0.15, 0.2) is 65.3 Å². The first-order valence-corrected chi connectivity index (χ1v) is 7.53. The highest BCUT2D eigenvalue weighted by atomic mass is 19.1. The Morgan fingerprint density at radius 3 is 2.58 bits per heavy atom. The molecule has 5 heteroatoms. The summed E-state index contributed by atoms with van der Waals surface area (Å²) in [6.07, 6.45) is 3.47. The van der Waals surface area contributed by atoms with Gasteiger partial charge in [-0.15, -0.1) is 0 Å². The van der Waals surface area contributed by atoms with Crippen LogP contribution in [0.5, 0.6) is 0 Å². The second kappa shape index (κ2) is 5.77. The van der Waals surface area contributed by atoms with E-state index in [-0.39, 0.29) is 5.82 Å². The number of aromatic amines is 1. The van der Waals surface area contributed by atoms with E-state index in [4.69, 9.17) is 4.42 Å². The van der Waals surface area contributed by atoms with E-state index < -0.39 is 0 Å². The van der Waals surface area contributed by atoms with E-state index in [2.05, 4.69) is 15.2 Å². The van der Waals surface area contributed by atoms with Crippen molar-refractivity contribution in [3.8, 4) is 33.8 Å². The van der Waals surface area contributed by atoms with E-state index in [1.54, 1.807) is 24.5 Å². The molecule has 1 aromatic carbocycles. The number of hydrogen-bond donors (Lipinski definition) is 1. The summed E-state index contributed by atoms with van der Waals surface area (Å²) in [7, 11) is 0. The number of aromatic nitrogens is 3. The van der Waals surface area contributed by atoms with E-state index >= 15 is 0 Å². The molecule has 1 N–H and O–H groups in total. The summed E-state index contributed by atoms with van der Waals surface area (Å²) in [5, 5.41) is 7.16. The standard InChI is InChI=1S/C19H14FN3O/c1-12-2-7-18(24-12)16-11-22-23-19(16)14-8-9-21-17(10-14)13-3-5-15(20)6-4-13/h2-11H,1H3,(H,22,23). The minimum atomic E-state index is -0.265. The number of furan rings is 1. The van der Waals surface area contributed by atoms with E-state index in [1.165, 1.54) is 12.1 Å². The summed E-state index contributed by atoms with van der Waals surface area (Å²) < 4.78 is 18.8. The third-order valence-corrected chi connectivity index (χ3v) is 3.83. The molecule has 0 unspecified atom stereocenters. The Labute approximate surface area is 138 Å². The van der Waals surface area contributed by atoms with Crippen LogP contribution in [-0.4, -0.2) is 15.2 Å². The van der Waals surface area contributed by atoms with Gasteiger partial charge in [-0.05, 0) is 55.5 Å². The Morgan fingerprint density at radius 1 is 1.00 bits per heavy atom. The van der Waals surface area contributed by atoms with Gasteiger partial charge >= 0.3 is 0 Å². The third kappa shape index (κ3) is 2.60. The van der Waals surface area contributed by atoms with E-state index in [0.717, 1.165) is 39.6 Å². The number of aryl methyl sites for hydroxylation is 1. The first-order valence-electron chi connectivity index (χ1n) is 7.53. The monoisotopic (exact) mass is 319 g/mol. The zero-order valence-electron chi connectivity index (χ0n) is 13.0. The van der Waals surface area contributed by atoms with Gasteiger partial charge in [-0.25, -0.2) is 4.39 Å². The normalized spacial score (nSPS) is 10.9. The highest BCUT2D eigenvalue weighted by molar-refractivity contribution is 5.79. The van der Waals surface area contributed by atoms with Crippen molar-refractivity contribution in [3.05, 3.63) is 72.5 Å². The Bertz CT molecular complexity index is 986. The van der Waals surface area contributed by atoms with Crippen LogP contribution < -0.4 is 0 Å². The maximum Gasteiger partial charge on any atom is 0.138 e. The molecule has 0 aliphatic carbocycles. The number of H-pyrrole nitrogens is 1. The van der Waals surface area contributed by atoms with Crippen molar-refractivity contribution in [2.45, 2.75) is 6.92 Å². The van der Waals surface area contributed by atoms with Crippen molar-refractivity contribution < 1.29 is 8.81 Å². The molecule has 0 bridgehead atoms. The minimum Gasteiger partial charge on any atom is -0.461 e. The van der Waals surface area contributed by atoms with Crippen LogP contribution in [0.25, 0.3) is 33.8 Å². The van der Waals surface area contributed by atoms with Crippen LogP contribution in [0.2, 0.25) is 0 Å². The van der Waals surface area contributed by atoms with Crippen molar-refractivity contribution in [1.82, 2.24) is 15.2 Å². The second-order valence-corrected chi connectivity index (χ2v) is 5.51. The Kier molecular flexibility index (Phi) is 3.46. The molecular formula is C19H14FN3O. The summed E-state index contributed by atoms with van der Waals surface area (Å²) in [6, 6.07) is 14.0. The number of pyridine rings is 1. The van der Waals surface area contributed by atoms with Gasteiger partial charge in [0.15, 0.2) is 0 Å². The summed E-state index contributed by atoms with van der Waals surface area (Å²) >= 11 is 0. The molecule has 118 valence electrons. The smallest absolute Gasteiger partial charge is 0.138 e. The number of halogens is 1. The van der Waals surface area contributed by atoms with Gasteiger partial charge in [-0.2, -0.15) is 5.10 Å². The molecule has 0 atom stereocenters. The van der Waals surface area contributed by atoms with Crippen LogP contribution in [0.4, 0.5) is 4.39 Å². The highest BCUT2D eigenvalue weighted by Gasteiger charge is 2.14. The molecule has 0 radical (unpaired) electrons. The van der Waals surface area contributed by atoms with Crippen molar-refractivity contribution in [3.63, 3.8) is 0 Å². The number of nitrogens with zero attached hydrogens (tertiary/aromatic N) is 2. The van der Waals surface area contributed by atoms with E-state index in [9.17, 15) is 4.39 Å². The molecular weight excluding hydrogens is 305 g/mol. The average molecular weight is 319 g/mol. The fourth-order valence-corrected chi connectivity index (χ4v) is 2.64. The summed E-state index contributed by atoms with van der Waals surface area (Å²) in [6.45, 7) is 1.91. The summed E-state index contributed by atoms with van der Waals surface area (Å²) in [5.74, 6) is 1.34. The molecule has 0 aliphatic rings. The topological polar surface area (TPSA) is 54.7 Å². The lowest BCUT2D eigenvalue weighted by molar-refractivity contribution is 0.548. The van der Waals surface area contributed by atoms with Gasteiger partial charge in [0.1, 0.15) is 17.3 Å². The molecule has 0 aliphatic heterocycles. The van der Waals surface area contributed by atoms with Gasteiger partial charge in [0.25, 0.3) is 0 Å². The van der Waals surface area contributed by atoms with Crippen LogP contribution >= 0.6 is 0 Å². The zero-order valence-corrected chi connectivity index (χ0v) is 13.0. The van der Waals surface area contributed by atoms with E-state index in [0.29, 0.717) is 0 Å². The highest BCUT2D eigenvalue weighted by Crippen LogP contribution is 2.32. The van der Waals surface area contributed by atoms with Crippen molar-refractivity contribution in [2.24, 2.45) is 0 Å². The van der Waals surface area contributed by atoms with Crippen LogP contribution in [0.3, 0.4) is 0 Å². The molecule has 4 aromatic rings. The van der Waals surface area contributed by atoms with Crippen LogP contribution in [-0.2, 0) is 0 Å². The number of nitrogens with one attached hydrogen (secondary N) is 1. The lowest BCUT2D eigenvalue weighted by atomic mass is 10.0. The molecule has 0 saturated heterocycles. The van der Waals surface area contributed by atoms with Crippen molar-refractivity contribution >= 4 is 0 Å². The molecule has 0 amide bonds. The molecule has 4 nitrogen and oxygen atoms in total. The SMILES string of the molecule is Cc1ccc(-c2cn[nH]c2-c2ccnc(-c3ccc(F)cc3)c2)o1. The predicted octanol–water partition coefficient (Wildman–Crippen LogP) is 4.85. The first-order chi connectivity index (χ1) is 11.7. The van der Waals surface area contributed by atoms with E-state index in [1.807, 2.05) is 31.2 Å². The van der Waals surface area contributed by atoms with Crippen molar-refractivity contribution in [2.75, 3.05) is 0 Å². The molecule has 4 rings (SSSR count). The number of benzene rings is 1. The fourth-order valence-electron chi connectivity index (χ4n) is 2.64. The molecule has 0 saturated carbocycles. The third-order valence-electron chi connectivity index (χ3n) is 3.83.